The van der Waals surface area contributed by atoms with E-state index in [1.807, 2.05) is 32.0 Å². The third-order valence-electron chi connectivity index (χ3n) is 2.95. The first-order valence-electron chi connectivity index (χ1n) is 6.80. The van der Waals surface area contributed by atoms with Gasteiger partial charge >= 0.3 is 11.9 Å². The zero-order chi connectivity index (χ0) is 17.0. The van der Waals surface area contributed by atoms with E-state index in [0.29, 0.717) is 10.2 Å². The first-order valence-corrected chi connectivity index (χ1v) is 7.59. The molecule has 0 heterocycles. The number of benzene rings is 2. The molecule has 0 bridgehead atoms. The number of hydrogen-bond acceptors (Lipinski definition) is 4. The van der Waals surface area contributed by atoms with Crippen molar-refractivity contribution in [2.75, 3.05) is 6.61 Å². The minimum atomic E-state index is -1.05. The maximum Gasteiger partial charge on any atom is 0.349 e. The Balaban J connectivity index is 1.98. The van der Waals surface area contributed by atoms with Crippen LogP contribution >= 0.6 is 15.9 Å². The average Bonchev–Trinajstić information content (AvgIpc) is 2.46. The molecule has 2 aromatic carbocycles. The molecule has 23 heavy (non-hydrogen) atoms. The Bertz CT molecular complexity index is 734. The lowest BCUT2D eigenvalue weighted by molar-refractivity contribution is -0.136. The number of halogens is 1. The largest absolute Gasteiger partial charge is 0.482 e. The van der Waals surface area contributed by atoms with E-state index >= 15 is 0 Å². The summed E-state index contributed by atoms with van der Waals surface area (Å²) in [5.74, 6) is -0.793. The van der Waals surface area contributed by atoms with Gasteiger partial charge in [0.1, 0.15) is 11.5 Å². The van der Waals surface area contributed by atoms with E-state index in [1.165, 1.54) is 18.2 Å². The summed E-state index contributed by atoms with van der Waals surface area (Å²) < 4.78 is 11.0. The quantitative estimate of drug-likeness (QED) is 0.633. The van der Waals surface area contributed by atoms with Crippen molar-refractivity contribution in [1.29, 1.82) is 0 Å². The second-order valence-electron chi connectivity index (χ2n) is 5.04. The van der Waals surface area contributed by atoms with Crippen LogP contribution < -0.4 is 9.47 Å². The van der Waals surface area contributed by atoms with Gasteiger partial charge in [-0.1, -0.05) is 6.07 Å². The van der Waals surface area contributed by atoms with Gasteiger partial charge in [-0.05, 0) is 71.2 Å². The van der Waals surface area contributed by atoms with Crippen molar-refractivity contribution in [2.45, 2.75) is 13.8 Å². The summed E-state index contributed by atoms with van der Waals surface area (Å²) >= 11 is 3.18. The summed E-state index contributed by atoms with van der Waals surface area (Å²) in [4.78, 5) is 22.7. The number of carbonyl (C=O) groups excluding carboxylic acids is 1. The van der Waals surface area contributed by atoms with Gasteiger partial charge < -0.3 is 14.6 Å². The maximum absolute atomic E-state index is 11.8. The predicted molar refractivity (Wildman–Crippen MR) is 88.1 cm³/mol. The van der Waals surface area contributed by atoms with Gasteiger partial charge in [-0.15, -0.1) is 0 Å². The van der Waals surface area contributed by atoms with Crippen molar-refractivity contribution in [3.8, 4) is 11.5 Å². The van der Waals surface area contributed by atoms with Gasteiger partial charge in [0.15, 0.2) is 6.61 Å². The molecule has 0 radical (unpaired) electrons. The Morgan fingerprint density at radius 2 is 1.74 bits per heavy atom. The molecule has 6 heteroatoms. The van der Waals surface area contributed by atoms with Gasteiger partial charge in [-0.2, -0.15) is 0 Å². The Hall–Kier alpha value is -2.34. The minimum absolute atomic E-state index is 0.100. The van der Waals surface area contributed by atoms with Crippen LogP contribution in [0.5, 0.6) is 11.5 Å². The van der Waals surface area contributed by atoms with E-state index in [2.05, 4.69) is 15.9 Å². The zero-order valence-electron chi connectivity index (χ0n) is 12.6. The molecular weight excluding hydrogens is 364 g/mol. The number of ether oxygens (including phenoxy) is 2. The second kappa shape index (κ2) is 7.28. The van der Waals surface area contributed by atoms with Gasteiger partial charge in [0, 0.05) is 0 Å². The van der Waals surface area contributed by atoms with E-state index in [-0.39, 0.29) is 17.9 Å². The number of carboxylic acids is 1. The van der Waals surface area contributed by atoms with Gasteiger partial charge in [0.05, 0.1) is 10.0 Å². The van der Waals surface area contributed by atoms with Crippen LogP contribution in [0.2, 0.25) is 0 Å². The molecule has 0 aliphatic rings. The van der Waals surface area contributed by atoms with E-state index in [9.17, 15) is 9.59 Å². The third kappa shape index (κ3) is 4.82. The molecule has 2 aromatic rings. The molecule has 0 aliphatic heterocycles. The molecule has 2 rings (SSSR count). The molecule has 0 amide bonds. The lowest BCUT2D eigenvalue weighted by Crippen LogP contribution is -2.18. The fourth-order valence-electron chi connectivity index (χ4n) is 2.03. The summed E-state index contributed by atoms with van der Waals surface area (Å²) in [6.45, 7) is 3.65. The normalized spacial score (nSPS) is 10.2. The lowest BCUT2D eigenvalue weighted by atomic mass is 10.1. The number of carbonyl (C=O) groups is 2. The van der Waals surface area contributed by atoms with Gasteiger partial charge in [-0.25, -0.2) is 9.59 Å². The summed E-state index contributed by atoms with van der Waals surface area (Å²) in [6.07, 6.45) is 0. The summed E-state index contributed by atoms with van der Waals surface area (Å²) in [5.41, 5.74) is 2.18. The topological polar surface area (TPSA) is 72.8 Å². The standard InChI is InChI=1S/C17H15BrO5/c1-10-5-11(2)7-13(6-10)22-9-16(19)23-15-4-3-12(17(20)21)8-14(15)18/h3-8H,9H2,1-2H3,(H,20,21). The van der Waals surface area contributed by atoms with Crippen LogP contribution in [0, 0.1) is 13.8 Å². The van der Waals surface area contributed by atoms with Gasteiger partial charge in [0.25, 0.3) is 0 Å². The molecule has 0 aliphatic carbocycles. The molecule has 0 saturated heterocycles. The maximum atomic E-state index is 11.8. The molecule has 5 nitrogen and oxygen atoms in total. The predicted octanol–water partition coefficient (Wildman–Crippen LogP) is 3.75. The Labute approximate surface area is 142 Å². The third-order valence-corrected chi connectivity index (χ3v) is 3.57. The van der Waals surface area contributed by atoms with E-state index < -0.39 is 11.9 Å². The number of aromatic carboxylic acids is 1. The molecule has 0 fully saturated rings. The number of aryl methyl sites for hydroxylation is 2. The van der Waals surface area contributed by atoms with E-state index in [1.54, 1.807) is 0 Å². The molecule has 0 saturated carbocycles. The molecule has 120 valence electrons. The smallest absolute Gasteiger partial charge is 0.349 e. The summed E-state index contributed by atoms with van der Waals surface area (Å²) in [5, 5.41) is 8.89. The molecule has 0 unspecified atom stereocenters. The van der Waals surface area contributed by atoms with Crippen molar-refractivity contribution in [3.63, 3.8) is 0 Å². The van der Waals surface area contributed by atoms with Crippen LogP contribution in [0.1, 0.15) is 21.5 Å². The van der Waals surface area contributed by atoms with Gasteiger partial charge in [0.2, 0.25) is 0 Å². The number of rotatable bonds is 5. The number of carboxylic acid groups (broad SMARTS) is 1. The van der Waals surface area contributed by atoms with Crippen molar-refractivity contribution < 1.29 is 24.2 Å². The highest BCUT2D eigenvalue weighted by molar-refractivity contribution is 9.10. The van der Waals surface area contributed by atoms with Crippen LogP contribution in [-0.2, 0) is 4.79 Å². The SMILES string of the molecule is Cc1cc(C)cc(OCC(=O)Oc2ccc(C(=O)O)cc2Br)c1. The second-order valence-corrected chi connectivity index (χ2v) is 5.89. The van der Waals surface area contributed by atoms with Crippen LogP contribution in [0.3, 0.4) is 0 Å². The van der Waals surface area contributed by atoms with Crippen LogP contribution in [-0.4, -0.2) is 23.7 Å². The zero-order valence-corrected chi connectivity index (χ0v) is 14.2. The average molecular weight is 379 g/mol. The Kier molecular flexibility index (Phi) is 5.39. The number of hydrogen-bond donors (Lipinski definition) is 1. The molecule has 0 aromatic heterocycles. The highest BCUT2D eigenvalue weighted by atomic mass is 79.9. The number of esters is 1. The monoisotopic (exact) mass is 378 g/mol. The van der Waals surface area contributed by atoms with E-state index in [0.717, 1.165) is 11.1 Å². The van der Waals surface area contributed by atoms with Crippen LogP contribution in [0.15, 0.2) is 40.9 Å². The van der Waals surface area contributed by atoms with E-state index in [4.69, 9.17) is 14.6 Å². The molecular formula is C17H15BrO5. The fourth-order valence-corrected chi connectivity index (χ4v) is 2.49. The summed E-state index contributed by atoms with van der Waals surface area (Å²) in [7, 11) is 0. The van der Waals surface area contributed by atoms with Gasteiger partial charge in [-0.3, -0.25) is 0 Å². The molecule has 1 N–H and O–H groups in total. The molecule has 0 atom stereocenters. The lowest BCUT2D eigenvalue weighted by Gasteiger charge is -2.09. The Morgan fingerprint density at radius 1 is 1.09 bits per heavy atom. The molecule has 0 spiro atoms. The highest BCUT2D eigenvalue weighted by Gasteiger charge is 2.12. The summed E-state index contributed by atoms with van der Waals surface area (Å²) in [6, 6.07) is 9.82. The minimum Gasteiger partial charge on any atom is -0.482 e. The van der Waals surface area contributed by atoms with Crippen LogP contribution in [0.4, 0.5) is 0 Å². The highest BCUT2D eigenvalue weighted by Crippen LogP contribution is 2.26. The van der Waals surface area contributed by atoms with Crippen molar-refractivity contribution >= 4 is 27.9 Å². The Morgan fingerprint density at radius 3 is 2.30 bits per heavy atom. The first kappa shape index (κ1) is 17.0. The fraction of sp³-hybridized carbons (Fsp3) is 0.176. The van der Waals surface area contributed by atoms with Crippen LogP contribution in [0.25, 0.3) is 0 Å². The van der Waals surface area contributed by atoms with Crippen molar-refractivity contribution in [1.82, 2.24) is 0 Å². The van der Waals surface area contributed by atoms with Crippen molar-refractivity contribution in [2.24, 2.45) is 0 Å². The first-order chi connectivity index (χ1) is 10.8. The van der Waals surface area contributed by atoms with Crippen molar-refractivity contribution in [3.05, 3.63) is 57.6 Å².